The first-order valence-corrected chi connectivity index (χ1v) is 6.87. The molecule has 0 saturated carbocycles. The summed E-state index contributed by atoms with van der Waals surface area (Å²) in [6.07, 6.45) is 1.76. The van der Waals surface area contributed by atoms with E-state index in [9.17, 15) is 9.59 Å². The number of nitrogens with one attached hydrogen (secondary N) is 2. The molecule has 2 rings (SSSR count). The largest absolute Gasteiger partial charge is 0.481 e. The maximum Gasteiger partial charge on any atom is 0.303 e. The zero-order valence-corrected chi connectivity index (χ0v) is 12.5. The Kier molecular flexibility index (Phi) is 4.55. The Bertz CT molecular complexity index is 665. The highest BCUT2D eigenvalue weighted by molar-refractivity contribution is 5.95. The summed E-state index contributed by atoms with van der Waals surface area (Å²) in [5, 5.41) is 18.1. The zero-order chi connectivity index (χ0) is 16.2. The van der Waals surface area contributed by atoms with Crippen LogP contribution in [0.1, 0.15) is 37.0 Å². The third-order valence-electron chi connectivity index (χ3n) is 3.23. The Labute approximate surface area is 127 Å². The molecule has 0 atom stereocenters. The Morgan fingerprint density at radius 2 is 2.14 bits per heavy atom. The second-order valence-corrected chi connectivity index (χ2v) is 5.65. The molecule has 0 spiro atoms. The second-order valence-electron chi connectivity index (χ2n) is 5.65. The number of carbonyl (C=O) groups excluding carboxylic acids is 1. The van der Waals surface area contributed by atoms with Gasteiger partial charge in [-0.15, -0.1) is 0 Å². The molecule has 0 aliphatic rings. The lowest BCUT2D eigenvalue weighted by molar-refractivity contribution is -0.137. The summed E-state index contributed by atoms with van der Waals surface area (Å²) in [6.45, 7) is 3.60. The minimum absolute atomic E-state index is 0.00534. The molecule has 1 amide bonds. The van der Waals surface area contributed by atoms with Gasteiger partial charge in [0.2, 0.25) is 0 Å². The van der Waals surface area contributed by atoms with Crippen molar-refractivity contribution in [3.05, 3.63) is 36.2 Å². The van der Waals surface area contributed by atoms with Gasteiger partial charge in [0.1, 0.15) is 6.33 Å². The molecule has 0 aliphatic heterocycles. The molecule has 2 aromatic rings. The molecule has 0 fully saturated rings. The van der Waals surface area contributed by atoms with Gasteiger partial charge in [-0.05, 0) is 32.4 Å². The van der Waals surface area contributed by atoms with Crippen LogP contribution in [-0.2, 0) is 4.79 Å². The number of carbonyl (C=O) groups is 2. The van der Waals surface area contributed by atoms with E-state index < -0.39 is 11.5 Å². The van der Waals surface area contributed by atoms with Crippen LogP contribution in [0, 0.1) is 0 Å². The van der Waals surface area contributed by atoms with Gasteiger partial charge in [-0.2, -0.15) is 5.10 Å². The van der Waals surface area contributed by atoms with E-state index in [1.54, 1.807) is 32.0 Å². The molecule has 1 aromatic carbocycles. The highest BCUT2D eigenvalue weighted by atomic mass is 16.4. The van der Waals surface area contributed by atoms with Crippen molar-refractivity contribution in [3.63, 3.8) is 0 Å². The molecular formula is C15H18N4O3. The van der Waals surface area contributed by atoms with E-state index in [-0.39, 0.29) is 12.3 Å². The van der Waals surface area contributed by atoms with Gasteiger partial charge in [0.25, 0.3) is 5.91 Å². The number of carboxylic acids is 1. The number of H-pyrrole nitrogens is 1. The molecule has 1 heterocycles. The number of rotatable bonds is 6. The molecule has 0 radical (unpaired) electrons. The fourth-order valence-corrected chi connectivity index (χ4v) is 2.01. The minimum atomic E-state index is -0.880. The number of hydrogen-bond acceptors (Lipinski definition) is 4. The quantitative estimate of drug-likeness (QED) is 0.754. The molecule has 22 heavy (non-hydrogen) atoms. The van der Waals surface area contributed by atoms with Crippen molar-refractivity contribution in [1.82, 2.24) is 20.5 Å². The SMILES string of the molecule is CC(C)(CCC(=O)O)NC(=O)c1cccc(-c2ncn[nH]2)c1. The van der Waals surface area contributed by atoms with E-state index in [0.29, 0.717) is 17.8 Å². The first kappa shape index (κ1) is 15.7. The average molecular weight is 302 g/mol. The maximum atomic E-state index is 12.3. The molecule has 0 unspecified atom stereocenters. The standard InChI is InChI=1S/C15H18N4O3/c1-15(2,7-6-12(20)21)18-14(22)11-5-3-4-10(8-11)13-16-9-17-19-13/h3-5,8-9H,6-7H2,1-2H3,(H,18,22)(H,20,21)(H,16,17,19). The molecule has 116 valence electrons. The van der Waals surface area contributed by atoms with E-state index in [1.807, 2.05) is 6.07 Å². The van der Waals surface area contributed by atoms with E-state index in [1.165, 1.54) is 6.33 Å². The normalized spacial score (nSPS) is 11.2. The molecule has 3 N–H and O–H groups in total. The van der Waals surface area contributed by atoms with Crippen LogP contribution >= 0.6 is 0 Å². The minimum Gasteiger partial charge on any atom is -0.481 e. The van der Waals surface area contributed by atoms with Crippen molar-refractivity contribution in [3.8, 4) is 11.4 Å². The van der Waals surface area contributed by atoms with Gasteiger partial charge in [0, 0.05) is 23.1 Å². The van der Waals surface area contributed by atoms with Gasteiger partial charge in [-0.1, -0.05) is 12.1 Å². The summed E-state index contributed by atoms with van der Waals surface area (Å²) in [6, 6.07) is 7.00. The van der Waals surface area contributed by atoms with Crippen LogP contribution in [0.5, 0.6) is 0 Å². The fraction of sp³-hybridized carbons (Fsp3) is 0.333. The first-order chi connectivity index (χ1) is 10.4. The number of aliphatic carboxylic acids is 1. The van der Waals surface area contributed by atoms with Crippen LogP contribution in [0.3, 0.4) is 0 Å². The lowest BCUT2D eigenvalue weighted by atomic mass is 9.97. The fourth-order valence-electron chi connectivity index (χ4n) is 2.01. The molecule has 0 saturated heterocycles. The lowest BCUT2D eigenvalue weighted by Gasteiger charge is -2.25. The Hall–Kier alpha value is -2.70. The monoisotopic (exact) mass is 302 g/mol. The highest BCUT2D eigenvalue weighted by Gasteiger charge is 2.22. The molecule has 1 aromatic heterocycles. The Morgan fingerprint density at radius 3 is 2.77 bits per heavy atom. The summed E-state index contributed by atoms with van der Waals surface area (Å²) in [4.78, 5) is 27.0. The van der Waals surface area contributed by atoms with Crippen LogP contribution in [0.2, 0.25) is 0 Å². The van der Waals surface area contributed by atoms with E-state index >= 15 is 0 Å². The molecule has 7 heteroatoms. The molecular weight excluding hydrogens is 284 g/mol. The van der Waals surface area contributed by atoms with Gasteiger partial charge < -0.3 is 10.4 Å². The van der Waals surface area contributed by atoms with Crippen molar-refractivity contribution >= 4 is 11.9 Å². The lowest BCUT2D eigenvalue weighted by Crippen LogP contribution is -2.43. The third-order valence-corrected chi connectivity index (χ3v) is 3.23. The molecule has 7 nitrogen and oxygen atoms in total. The van der Waals surface area contributed by atoms with Gasteiger partial charge in [-0.3, -0.25) is 14.7 Å². The van der Waals surface area contributed by atoms with Crippen molar-refractivity contribution in [2.45, 2.75) is 32.2 Å². The number of benzene rings is 1. The zero-order valence-electron chi connectivity index (χ0n) is 12.5. The smallest absolute Gasteiger partial charge is 0.303 e. The summed E-state index contributed by atoms with van der Waals surface area (Å²) < 4.78 is 0. The predicted molar refractivity (Wildman–Crippen MR) is 80.2 cm³/mol. The van der Waals surface area contributed by atoms with Crippen molar-refractivity contribution in [2.24, 2.45) is 0 Å². The molecule has 0 aliphatic carbocycles. The summed E-state index contributed by atoms with van der Waals surface area (Å²) in [5.41, 5.74) is 0.642. The highest BCUT2D eigenvalue weighted by Crippen LogP contribution is 2.17. The second kappa shape index (κ2) is 6.38. The van der Waals surface area contributed by atoms with Gasteiger partial charge >= 0.3 is 5.97 Å². The first-order valence-electron chi connectivity index (χ1n) is 6.87. The van der Waals surface area contributed by atoms with Crippen LogP contribution in [0.4, 0.5) is 0 Å². The maximum absolute atomic E-state index is 12.3. The van der Waals surface area contributed by atoms with E-state index in [0.717, 1.165) is 5.56 Å². The predicted octanol–water partition coefficient (Wildman–Crippen LogP) is 1.84. The van der Waals surface area contributed by atoms with Crippen LogP contribution in [0.25, 0.3) is 11.4 Å². The number of amides is 1. The number of carboxylic acid groups (broad SMARTS) is 1. The number of aromatic nitrogens is 3. The number of nitrogens with zero attached hydrogens (tertiary/aromatic N) is 2. The Balaban J connectivity index is 2.09. The van der Waals surface area contributed by atoms with E-state index in [2.05, 4.69) is 20.5 Å². The molecule has 0 bridgehead atoms. The third kappa shape index (κ3) is 4.15. The van der Waals surface area contributed by atoms with Gasteiger partial charge in [-0.25, -0.2) is 4.98 Å². The summed E-state index contributed by atoms with van der Waals surface area (Å²) in [5.74, 6) is -0.550. The van der Waals surface area contributed by atoms with Crippen LogP contribution in [0.15, 0.2) is 30.6 Å². The van der Waals surface area contributed by atoms with Gasteiger partial charge in [0.15, 0.2) is 5.82 Å². The van der Waals surface area contributed by atoms with Gasteiger partial charge in [0.05, 0.1) is 0 Å². The number of hydrogen-bond donors (Lipinski definition) is 3. The van der Waals surface area contributed by atoms with Crippen molar-refractivity contribution in [1.29, 1.82) is 0 Å². The van der Waals surface area contributed by atoms with Crippen LogP contribution < -0.4 is 5.32 Å². The summed E-state index contributed by atoms with van der Waals surface area (Å²) >= 11 is 0. The van der Waals surface area contributed by atoms with Crippen molar-refractivity contribution < 1.29 is 14.7 Å². The average Bonchev–Trinajstić information content (AvgIpc) is 2.99. The van der Waals surface area contributed by atoms with E-state index in [4.69, 9.17) is 5.11 Å². The number of aromatic amines is 1. The van der Waals surface area contributed by atoms with Crippen LogP contribution in [-0.4, -0.2) is 37.7 Å². The Morgan fingerprint density at radius 1 is 1.36 bits per heavy atom. The summed E-state index contributed by atoms with van der Waals surface area (Å²) in [7, 11) is 0. The topological polar surface area (TPSA) is 108 Å². The van der Waals surface area contributed by atoms with Crippen molar-refractivity contribution in [2.75, 3.05) is 0 Å².